The third kappa shape index (κ3) is 3.11. The Balaban J connectivity index is 1.60. The fourth-order valence-electron chi connectivity index (χ4n) is 3.31. The number of aromatic nitrogens is 3. The smallest absolute Gasteiger partial charge is 0.319 e. The molecular formula is C18H21N5OS. The summed E-state index contributed by atoms with van der Waals surface area (Å²) in [5.41, 5.74) is 2.00. The topological polar surface area (TPSA) is 53.7 Å². The summed E-state index contributed by atoms with van der Waals surface area (Å²) in [7, 11) is 3.59. The molecule has 0 aliphatic carbocycles. The lowest BCUT2D eigenvalue weighted by molar-refractivity contribution is 0.153. The Labute approximate surface area is 150 Å². The molecule has 130 valence electrons. The summed E-state index contributed by atoms with van der Waals surface area (Å²) in [6, 6.07) is 8.32. The second-order valence-corrected chi connectivity index (χ2v) is 7.58. The first kappa shape index (κ1) is 16.1. The maximum Gasteiger partial charge on any atom is 0.319 e. The molecular weight excluding hydrogens is 334 g/mol. The monoisotopic (exact) mass is 355 g/mol. The summed E-state index contributed by atoms with van der Waals surface area (Å²) >= 11 is 1.72. The highest BCUT2D eigenvalue weighted by atomic mass is 32.1. The van der Waals surface area contributed by atoms with Gasteiger partial charge in [-0.1, -0.05) is 6.07 Å². The minimum atomic E-state index is 0.0634. The third-order valence-corrected chi connectivity index (χ3v) is 5.51. The number of urea groups is 1. The average Bonchev–Trinajstić information content (AvgIpc) is 3.29. The van der Waals surface area contributed by atoms with Gasteiger partial charge in [-0.2, -0.15) is 5.10 Å². The molecule has 0 radical (unpaired) electrons. The van der Waals surface area contributed by atoms with Gasteiger partial charge in [0.25, 0.3) is 0 Å². The summed E-state index contributed by atoms with van der Waals surface area (Å²) in [4.78, 5) is 21.7. The van der Waals surface area contributed by atoms with Gasteiger partial charge in [0.2, 0.25) is 0 Å². The molecule has 1 aliphatic rings. The SMILES string of the molecule is CN(C)C(=O)N1CCC[C@@H](c2nc3ccc(-c4cccs4)cn3n2)C1. The molecule has 0 N–H and O–H groups in total. The highest BCUT2D eigenvalue weighted by Gasteiger charge is 2.28. The van der Waals surface area contributed by atoms with E-state index < -0.39 is 0 Å². The summed E-state index contributed by atoms with van der Waals surface area (Å²) < 4.78 is 1.86. The summed E-state index contributed by atoms with van der Waals surface area (Å²) in [5.74, 6) is 1.03. The Morgan fingerprint density at radius 3 is 2.96 bits per heavy atom. The highest BCUT2D eigenvalue weighted by molar-refractivity contribution is 7.13. The van der Waals surface area contributed by atoms with Gasteiger partial charge < -0.3 is 9.80 Å². The van der Waals surface area contributed by atoms with Crippen LogP contribution in [0.3, 0.4) is 0 Å². The second-order valence-electron chi connectivity index (χ2n) is 6.63. The molecule has 3 aromatic rings. The van der Waals surface area contributed by atoms with Crippen molar-refractivity contribution < 1.29 is 4.79 Å². The number of carbonyl (C=O) groups excluding carboxylic acids is 1. The van der Waals surface area contributed by atoms with Crippen LogP contribution < -0.4 is 0 Å². The van der Waals surface area contributed by atoms with Crippen LogP contribution in [0.25, 0.3) is 16.1 Å². The van der Waals surface area contributed by atoms with E-state index in [1.165, 1.54) is 4.88 Å². The number of piperidine rings is 1. The fourth-order valence-corrected chi connectivity index (χ4v) is 4.02. The molecule has 6 nitrogen and oxygen atoms in total. The van der Waals surface area contributed by atoms with Crippen LogP contribution in [0.1, 0.15) is 24.6 Å². The summed E-state index contributed by atoms with van der Waals surface area (Å²) in [5, 5.41) is 6.78. The van der Waals surface area contributed by atoms with Crippen molar-refractivity contribution in [1.82, 2.24) is 24.4 Å². The highest BCUT2D eigenvalue weighted by Crippen LogP contribution is 2.27. The number of pyridine rings is 1. The maximum absolute atomic E-state index is 12.2. The first-order valence-corrected chi connectivity index (χ1v) is 9.36. The van der Waals surface area contributed by atoms with Crippen molar-refractivity contribution in [3.8, 4) is 10.4 Å². The molecule has 3 aromatic heterocycles. The van der Waals surface area contributed by atoms with Crippen LogP contribution in [0.15, 0.2) is 35.8 Å². The number of hydrogen-bond acceptors (Lipinski definition) is 4. The number of thiophene rings is 1. The van der Waals surface area contributed by atoms with Crippen molar-refractivity contribution in [2.45, 2.75) is 18.8 Å². The Kier molecular flexibility index (Phi) is 4.17. The molecule has 1 aliphatic heterocycles. The Hall–Kier alpha value is -2.41. The van der Waals surface area contributed by atoms with Gasteiger partial charge in [0.05, 0.1) is 0 Å². The van der Waals surface area contributed by atoms with Crippen molar-refractivity contribution in [2.75, 3.05) is 27.2 Å². The quantitative estimate of drug-likeness (QED) is 0.709. The lowest BCUT2D eigenvalue weighted by atomic mass is 9.98. The molecule has 4 heterocycles. The Bertz CT molecular complexity index is 886. The van der Waals surface area contributed by atoms with Crippen molar-refractivity contribution in [2.24, 2.45) is 0 Å². The number of fused-ring (bicyclic) bond motifs is 1. The first-order chi connectivity index (χ1) is 12.1. The number of rotatable bonds is 2. The van der Waals surface area contributed by atoms with E-state index in [4.69, 9.17) is 10.1 Å². The zero-order valence-electron chi connectivity index (χ0n) is 14.4. The minimum absolute atomic E-state index is 0.0634. The van der Waals surface area contributed by atoms with E-state index in [0.717, 1.165) is 36.4 Å². The van der Waals surface area contributed by atoms with Crippen LogP contribution in [0.4, 0.5) is 4.79 Å². The third-order valence-electron chi connectivity index (χ3n) is 4.59. The summed E-state index contributed by atoms with van der Waals surface area (Å²) in [6.07, 6.45) is 4.04. The normalized spacial score (nSPS) is 17.8. The van der Waals surface area contributed by atoms with Crippen LogP contribution >= 0.6 is 11.3 Å². The van der Waals surface area contributed by atoms with E-state index in [-0.39, 0.29) is 11.9 Å². The number of likely N-dealkylation sites (tertiary alicyclic amines) is 1. The molecule has 2 amide bonds. The summed E-state index contributed by atoms with van der Waals surface area (Å²) in [6.45, 7) is 1.50. The van der Waals surface area contributed by atoms with Crippen LogP contribution in [0.2, 0.25) is 0 Å². The van der Waals surface area contributed by atoms with Gasteiger partial charge in [0.1, 0.15) is 0 Å². The van der Waals surface area contributed by atoms with E-state index >= 15 is 0 Å². The first-order valence-electron chi connectivity index (χ1n) is 8.48. The van der Waals surface area contributed by atoms with E-state index in [0.29, 0.717) is 6.54 Å². The molecule has 7 heteroatoms. The number of nitrogens with zero attached hydrogens (tertiary/aromatic N) is 5. The van der Waals surface area contributed by atoms with Crippen molar-refractivity contribution in [1.29, 1.82) is 0 Å². The largest absolute Gasteiger partial charge is 0.331 e. The van der Waals surface area contributed by atoms with Gasteiger partial charge in [-0.05, 0) is 36.4 Å². The Morgan fingerprint density at radius 2 is 2.20 bits per heavy atom. The molecule has 1 saturated heterocycles. The van der Waals surface area contributed by atoms with Gasteiger partial charge in [-0.25, -0.2) is 14.3 Å². The van der Waals surface area contributed by atoms with Crippen LogP contribution in [-0.4, -0.2) is 57.6 Å². The zero-order chi connectivity index (χ0) is 17.4. The van der Waals surface area contributed by atoms with Gasteiger partial charge in [0.15, 0.2) is 11.5 Å². The standard InChI is InChI=1S/C18H21N5OS/c1-21(2)18(24)22-9-3-5-14(11-22)17-19-16-8-7-13(12-23(16)20-17)15-6-4-10-25-15/h4,6-8,10,12,14H,3,5,9,11H2,1-2H3/t14-/m1/s1. The second kappa shape index (κ2) is 6.48. The zero-order valence-corrected chi connectivity index (χ0v) is 15.2. The maximum atomic E-state index is 12.2. The lowest BCUT2D eigenvalue weighted by Gasteiger charge is -2.33. The average molecular weight is 355 g/mol. The van der Waals surface area contributed by atoms with Crippen LogP contribution in [0, 0.1) is 0 Å². The molecule has 1 fully saturated rings. The molecule has 0 unspecified atom stereocenters. The minimum Gasteiger partial charge on any atom is -0.331 e. The van der Waals surface area contributed by atoms with Crippen molar-refractivity contribution in [3.63, 3.8) is 0 Å². The predicted octanol–water partition coefficient (Wildman–Crippen LogP) is 3.32. The molecule has 0 spiro atoms. The van der Waals surface area contributed by atoms with Gasteiger partial charge in [-0.3, -0.25) is 0 Å². The number of carbonyl (C=O) groups is 1. The molecule has 0 saturated carbocycles. The van der Waals surface area contributed by atoms with Gasteiger partial charge >= 0.3 is 6.03 Å². The molecule has 0 bridgehead atoms. The molecule has 25 heavy (non-hydrogen) atoms. The van der Waals surface area contributed by atoms with Crippen LogP contribution in [0.5, 0.6) is 0 Å². The van der Waals surface area contributed by atoms with Gasteiger partial charge in [-0.15, -0.1) is 11.3 Å². The molecule has 1 atom stereocenters. The van der Waals surface area contributed by atoms with E-state index in [1.54, 1.807) is 30.3 Å². The van der Waals surface area contributed by atoms with E-state index in [1.807, 2.05) is 21.7 Å². The van der Waals surface area contributed by atoms with Crippen molar-refractivity contribution >= 4 is 23.0 Å². The molecule has 0 aromatic carbocycles. The van der Waals surface area contributed by atoms with Crippen LogP contribution in [-0.2, 0) is 0 Å². The van der Waals surface area contributed by atoms with Gasteiger partial charge in [0, 0.05) is 49.7 Å². The number of hydrogen-bond donors (Lipinski definition) is 0. The number of amides is 2. The van der Waals surface area contributed by atoms with Crippen molar-refractivity contribution in [3.05, 3.63) is 41.7 Å². The fraction of sp³-hybridized carbons (Fsp3) is 0.389. The Morgan fingerprint density at radius 1 is 1.32 bits per heavy atom. The van der Waals surface area contributed by atoms with E-state index in [9.17, 15) is 4.79 Å². The molecule has 4 rings (SSSR count). The lowest BCUT2D eigenvalue weighted by Crippen LogP contribution is -2.44. The van der Waals surface area contributed by atoms with E-state index in [2.05, 4.69) is 23.6 Å². The predicted molar refractivity (Wildman–Crippen MR) is 98.9 cm³/mol.